The summed E-state index contributed by atoms with van der Waals surface area (Å²) in [6.07, 6.45) is 0.576. The fourth-order valence-corrected chi connectivity index (χ4v) is 2.22. The van der Waals surface area contributed by atoms with E-state index in [0.29, 0.717) is 22.7 Å². The molecule has 0 aliphatic carbocycles. The Bertz CT molecular complexity index is 615. The second-order valence-corrected chi connectivity index (χ2v) is 5.02. The number of nitrogens with zero attached hydrogens (tertiary/aromatic N) is 1. The largest absolute Gasteiger partial charge is 0.395 e. The number of anilines is 1. The molecular weight excluding hydrogens is 278 g/mol. The third kappa shape index (κ3) is 2.84. The molecule has 0 spiro atoms. The molecule has 0 bridgehead atoms. The SMILES string of the molecule is CC1CC(=O)N(c2cc(C#CCCO)ccc2Cl)C1=O. The number of hydrogen-bond donors (Lipinski definition) is 1. The fraction of sp³-hybridized carbons (Fsp3) is 0.333. The van der Waals surface area contributed by atoms with Crippen molar-refractivity contribution in [1.82, 2.24) is 0 Å². The second kappa shape index (κ2) is 6.08. The van der Waals surface area contributed by atoms with Crippen LogP contribution in [-0.2, 0) is 9.59 Å². The Kier molecular flexibility index (Phi) is 4.43. The first-order valence-corrected chi connectivity index (χ1v) is 6.68. The van der Waals surface area contributed by atoms with Gasteiger partial charge in [0.05, 0.1) is 17.3 Å². The standard InChI is InChI=1S/C15H14ClNO3/c1-10-8-14(19)17(15(10)20)13-9-11(4-2-3-7-18)5-6-12(13)16/h5-6,9-10,18H,3,7-8H2,1H3. The normalized spacial score (nSPS) is 18.1. The van der Waals surface area contributed by atoms with Crippen molar-refractivity contribution in [2.24, 2.45) is 5.92 Å². The summed E-state index contributed by atoms with van der Waals surface area (Å²) in [5.74, 6) is 4.85. The first kappa shape index (κ1) is 14.6. The summed E-state index contributed by atoms with van der Waals surface area (Å²) in [6.45, 7) is 1.72. The van der Waals surface area contributed by atoms with Crippen LogP contribution >= 0.6 is 11.6 Å². The number of rotatable bonds is 2. The van der Waals surface area contributed by atoms with Crippen molar-refractivity contribution in [3.05, 3.63) is 28.8 Å². The number of hydrogen-bond acceptors (Lipinski definition) is 3. The van der Waals surface area contributed by atoms with Crippen molar-refractivity contribution in [1.29, 1.82) is 0 Å². The molecule has 1 atom stereocenters. The van der Waals surface area contributed by atoms with Crippen molar-refractivity contribution in [2.75, 3.05) is 11.5 Å². The Morgan fingerprint density at radius 3 is 2.80 bits per heavy atom. The lowest BCUT2D eigenvalue weighted by Crippen LogP contribution is -2.30. The lowest BCUT2D eigenvalue weighted by atomic mass is 10.1. The zero-order chi connectivity index (χ0) is 14.7. The van der Waals surface area contributed by atoms with Gasteiger partial charge in [0, 0.05) is 24.3 Å². The van der Waals surface area contributed by atoms with Crippen molar-refractivity contribution in [3.63, 3.8) is 0 Å². The van der Waals surface area contributed by atoms with Gasteiger partial charge in [-0.3, -0.25) is 9.59 Å². The smallest absolute Gasteiger partial charge is 0.237 e. The minimum absolute atomic E-state index is 0.00589. The van der Waals surface area contributed by atoms with Crippen LogP contribution in [0.3, 0.4) is 0 Å². The number of halogens is 1. The molecular formula is C15H14ClNO3. The monoisotopic (exact) mass is 291 g/mol. The molecule has 4 nitrogen and oxygen atoms in total. The maximum Gasteiger partial charge on any atom is 0.237 e. The van der Waals surface area contributed by atoms with E-state index in [1.165, 1.54) is 0 Å². The molecule has 1 aromatic rings. The highest BCUT2D eigenvalue weighted by molar-refractivity contribution is 6.35. The predicted octanol–water partition coefficient (Wildman–Crippen LogP) is 1.97. The van der Waals surface area contributed by atoms with Crippen LogP contribution in [0, 0.1) is 17.8 Å². The summed E-state index contributed by atoms with van der Waals surface area (Å²) in [4.78, 5) is 25.0. The van der Waals surface area contributed by atoms with Gasteiger partial charge in [-0.05, 0) is 18.2 Å². The molecule has 1 fully saturated rings. The molecule has 0 saturated carbocycles. The molecule has 1 unspecified atom stereocenters. The molecule has 0 aromatic heterocycles. The lowest BCUT2D eigenvalue weighted by Gasteiger charge is -2.16. The van der Waals surface area contributed by atoms with Crippen molar-refractivity contribution in [2.45, 2.75) is 19.8 Å². The highest BCUT2D eigenvalue weighted by atomic mass is 35.5. The fourth-order valence-electron chi connectivity index (χ4n) is 2.02. The van der Waals surface area contributed by atoms with Crippen LogP contribution in [-0.4, -0.2) is 23.5 Å². The molecule has 5 heteroatoms. The van der Waals surface area contributed by atoms with Gasteiger partial charge in [-0.1, -0.05) is 30.4 Å². The molecule has 1 aliphatic heterocycles. The molecule has 2 amide bonds. The van der Waals surface area contributed by atoms with E-state index in [4.69, 9.17) is 16.7 Å². The number of carbonyl (C=O) groups excluding carboxylic acids is 2. The number of carbonyl (C=O) groups is 2. The average molecular weight is 292 g/mol. The van der Waals surface area contributed by atoms with Gasteiger partial charge in [-0.15, -0.1) is 0 Å². The Labute approximate surface area is 122 Å². The zero-order valence-corrected chi connectivity index (χ0v) is 11.8. The topological polar surface area (TPSA) is 57.6 Å². The average Bonchev–Trinajstić information content (AvgIpc) is 2.66. The van der Waals surface area contributed by atoms with E-state index >= 15 is 0 Å². The Balaban J connectivity index is 2.37. The van der Waals surface area contributed by atoms with Gasteiger partial charge in [0.2, 0.25) is 11.8 Å². The van der Waals surface area contributed by atoms with E-state index in [9.17, 15) is 9.59 Å². The molecule has 1 heterocycles. The van der Waals surface area contributed by atoms with Crippen LogP contribution in [0.5, 0.6) is 0 Å². The summed E-state index contributed by atoms with van der Waals surface area (Å²) >= 11 is 6.08. The number of benzene rings is 1. The van der Waals surface area contributed by atoms with E-state index in [2.05, 4.69) is 11.8 Å². The summed E-state index contributed by atoms with van der Waals surface area (Å²) in [5, 5.41) is 9.03. The van der Waals surface area contributed by atoms with Gasteiger partial charge in [-0.2, -0.15) is 0 Å². The Morgan fingerprint density at radius 1 is 1.45 bits per heavy atom. The molecule has 104 valence electrons. The molecule has 20 heavy (non-hydrogen) atoms. The van der Waals surface area contributed by atoms with Crippen molar-refractivity contribution in [3.8, 4) is 11.8 Å². The number of imide groups is 1. The molecule has 1 aromatic carbocycles. The minimum atomic E-state index is -0.317. The van der Waals surface area contributed by atoms with E-state index in [-0.39, 0.29) is 30.8 Å². The molecule has 1 N–H and O–H groups in total. The van der Waals surface area contributed by atoms with E-state index in [0.717, 1.165) is 4.90 Å². The van der Waals surface area contributed by atoms with Gasteiger partial charge in [0.25, 0.3) is 0 Å². The van der Waals surface area contributed by atoms with Crippen molar-refractivity contribution < 1.29 is 14.7 Å². The molecule has 2 rings (SSSR count). The van der Waals surface area contributed by atoms with Crippen LogP contribution in [0.4, 0.5) is 5.69 Å². The third-order valence-corrected chi connectivity index (χ3v) is 3.35. The number of aliphatic hydroxyl groups is 1. The first-order chi connectivity index (χ1) is 9.54. The Morgan fingerprint density at radius 2 is 2.20 bits per heavy atom. The second-order valence-electron chi connectivity index (χ2n) is 4.61. The Hall–Kier alpha value is -1.83. The van der Waals surface area contributed by atoms with Gasteiger partial charge < -0.3 is 5.11 Å². The summed E-state index contributed by atoms with van der Waals surface area (Å²) in [5.41, 5.74) is 1.03. The zero-order valence-electron chi connectivity index (χ0n) is 11.0. The van der Waals surface area contributed by atoms with Crippen LogP contribution in [0.15, 0.2) is 18.2 Å². The molecule has 0 radical (unpaired) electrons. The molecule has 1 aliphatic rings. The van der Waals surface area contributed by atoms with E-state index in [1.807, 2.05) is 0 Å². The highest BCUT2D eigenvalue weighted by Crippen LogP contribution is 2.32. The number of amides is 2. The minimum Gasteiger partial charge on any atom is -0.395 e. The maximum atomic E-state index is 12.0. The summed E-state index contributed by atoms with van der Waals surface area (Å²) in [6, 6.07) is 4.95. The first-order valence-electron chi connectivity index (χ1n) is 6.30. The number of aliphatic hydroxyl groups excluding tert-OH is 1. The van der Waals surface area contributed by atoms with E-state index in [1.54, 1.807) is 25.1 Å². The molecule has 1 saturated heterocycles. The van der Waals surface area contributed by atoms with Crippen LogP contribution in [0.1, 0.15) is 25.3 Å². The van der Waals surface area contributed by atoms with Crippen molar-refractivity contribution >= 4 is 29.1 Å². The van der Waals surface area contributed by atoms with Crippen LogP contribution < -0.4 is 4.90 Å². The van der Waals surface area contributed by atoms with E-state index < -0.39 is 0 Å². The lowest BCUT2D eigenvalue weighted by molar-refractivity contribution is -0.122. The third-order valence-electron chi connectivity index (χ3n) is 3.03. The van der Waals surface area contributed by atoms with Gasteiger partial charge in [0.15, 0.2) is 0 Å². The highest BCUT2D eigenvalue weighted by Gasteiger charge is 2.37. The van der Waals surface area contributed by atoms with Gasteiger partial charge in [-0.25, -0.2) is 4.90 Å². The maximum absolute atomic E-state index is 12.0. The van der Waals surface area contributed by atoms with Crippen LogP contribution in [0.2, 0.25) is 5.02 Å². The predicted molar refractivity (Wildman–Crippen MR) is 76.3 cm³/mol. The summed E-state index contributed by atoms with van der Waals surface area (Å²) < 4.78 is 0. The van der Waals surface area contributed by atoms with Crippen LogP contribution in [0.25, 0.3) is 0 Å². The van der Waals surface area contributed by atoms with Gasteiger partial charge >= 0.3 is 0 Å². The quantitative estimate of drug-likeness (QED) is 0.669. The summed E-state index contributed by atoms with van der Waals surface area (Å²) in [7, 11) is 0. The van der Waals surface area contributed by atoms with Gasteiger partial charge in [0.1, 0.15) is 0 Å².